The van der Waals surface area contributed by atoms with E-state index in [-0.39, 0.29) is 23.4 Å². The molecule has 0 radical (unpaired) electrons. The summed E-state index contributed by atoms with van der Waals surface area (Å²) in [4.78, 5) is 44.6. The molecule has 27 heavy (non-hydrogen) atoms. The zero-order valence-corrected chi connectivity index (χ0v) is 15.4. The second kappa shape index (κ2) is 7.05. The van der Waals surface area contributed by atoms with Crippen LogP contribution in [-0.2, 0) is 24.2 Å². The largest absolute Gasteiger partial charge is 0.339 e. The van der Waals surface area contributed by atoms with E-state index in [1.54, 1.807) is 16.8 Å². The van der Waals surface area contributed by atoms with Crippen molar-refractivity contribution < 1.29 is 9.59 Å². The number of nitrogens with one attached hydrogen (secondary N) is 3. The van der Waals surface area contributed by atoms with Crippen molar-refractivity contribution in [1.29, 1.82) is 0 Å². The first-order chi connectivity index (χ1) is 13.0. The average molecular weight is 372 g/mol. The van der Waals surface area contributed by atoms with Crippen LogP contribution in [0, 0.1) is 5.92 Å². The average Bonchev–Trinajstić information content (AvgIpc) is 3.40. The van der Waals surface area contributed by atoms with Crippen molar-refractivity contribution in [3.05, 3.63) is 39.3 Å². The Kier molecular flexibility index (Phi) is 4.59. The molecule has 4 rings (SSSR count). The van der Waals surface area contributed by atoms with Gasteiger partial charge in [-0.25, -0.2) is 4.79 Å². The van der Waals surface area contributed by atoms with Crippen molar-refractivity contribution in [2.24, 2.45) is 5.92 Å². The quantitative estimate of drug-likeness (QED) is 0.721. The van der Waals surface area contributed by atoms with Gasteiger partial charge in [-0.2, -0.15) is 5.10 Å². The van der Waals surface area contributed by atoms with Crippen molar-refractivity contribution in [2.75, 3.05) is 20.1 Å². The maximum atomic E-state index is 12.8. The Bertz CT molecular complexity index is 910. The molecule has 0 aromatic carbocycles. The summed E-state index contributed by atoms with van der Waals surface area (Å²) in [6.07, 6.45) is 6.39. The summed E-state index contributed by atoms with van der Waals surface area (Å²) in [6, 6.07) is 0. The molecular weight excluding hydrogens is 348 g/mol. The zero-order chi connectivity index (χ0) is 19.0. The van der Waals surface area contributed by atoms with E-state index in [1.165, 1.54) is 23.9 Å². The monoisotopic (exact) mass is 372 g/mol. The Hall–Kier alpha value is -2.84. The second-order valence-electron chi connectivity index (χ2n) is 7.42. The van der Waals surface area contributed by atoms with Crippen molar-refractivity contribution in [3.63, 3.8) is 0 Å². The van der Waals surface area contributed by atoms with E-state index < -0.39 is 5.69 Å². The van der Waals surface area contributed by atoms with Gasteiger partial charge in [0.1, 0.15) is 5.69 Å². The van der Waals surface area contributed by atoms with Gasteiger partial charge in [-0.3, -0.25) is 14.7 Å². The van der Waals surface area contributed by atoms with Crippen LogP contribution in [0.2, 0.25) is 0 Å². The van der Waals surface area contributed by atoms with Crippen LogP contribution in [-0.4, -0.2) is 61.9 Å². The van der Waals surface area contributed by atoms with E-state index in [0.717, 1.165) is 25.0 Å². The summed E-state index contributed by atoms with van der Waals surface area (Å²) in [5.41, 5.74) is 3.24. The van der Waals surface area contributed by atoms with E-state index in [2.05, 4.69) is 20.2 Å². The number of hydrogen-bond donors (Lipinski definition) is 3. The molecule has 3 N–H and O–H groups in total. The van der Waals surface area contributed by atoms with Crippen molar-refractivity contribution in [1.82, 2.24) is 30.0 Å². The van der Waals surface area contributed by atoms with E-state index in [1.807, 2.05) is 0 Å². The fourth-order valence-electron chi connectivity index (χ4n) is 4.06. The van der Waals surface area contributed by atoms with Gasteiger partial charge < -0.3 is 19.8 Å². The molecule has 2 aliphatic rings. The topological polar surface area (TPSA) is 118 Å². The molecule has 3 heterocycles. The Morgan fingerprint density at radius 1 is 1.33 bits per heavy atom. The van der Waals surface area contributed by atoms with Crippen LogP contribution in [0.15, 0.2) is 11.0 Å². The molecule has 1 saturated heterocycles. The fourth-order valence-corrected chi connectivity index (χ4v) is 4.06. The molecule has 2 aromatic heterocycles. The van der Waals surface area contributed by atoms with Crippen LogP contribution in [0.4, 0.5) is 0 Å². The van der Waals surface area contributed by atoms with Crippen LogP contribution in [0.3, 0.4) is 0 Å². The molecule has 2 aromatic rings. The number of amides is 2. The molecule has 0 spiro atoms. The van der Waals surface area contributed by atoms with Crippen LogP contribution in [0.5, 0.6) is 0 Å². The number of nitrogens with zero attached hydrogens (tertiary/aromatic N) is 3. The summed E-state index contributed by atoms with van der Waals surface area (Å²) in [7, 11) is 1.79. The van der Waals surface area contributed by atoms with E-state index in [9.17, 15) is 14.4 Å². The molecular formula is C18H24N6O3. The van der Waals surface area contributed by atoms with Gasteiger partial charge in [-0.05, 0) is 37.7 Å². The molecule has 1 unspecified atom stereocenters. The standard InChI is InChI=1S/C18H24N6O3/c1-23(10-15-12-4-2-3-5-13(12)21-22-15)16(25)11-6-7-24(9-11)17(26)14-8-19-18(27)20-14/h8,11H,2-7,9-10H2,1H3,(H,21,22)(H2,19,20,27). The summed E-state index contributed by atoms with van der Waals surface area (Å²) in [5.74, 6) is -0.451. The number of aryl methyl sites for hydroxylation is 1. The fraction of sp³-hybridized carbons (Fsp3) is 0.556. The highest BCUT2D eigenvalue weighted by molar-refractivity contribution is 5.93. The molecule has 1 atom stereocenters. The lowest BCUT2D eigenvalue weighted by molar-refractivity contribution is -0.134. The zero-order valence-electron chi connectivity index (χ0n) is 15.4. The van der Waals surface area contributed by atoms with Gasteiger partial charge in [0.2, 0.25) is 5.91 Å². The molecule has 2 amide bonds. The maximum Gasteiger partial charge on any atom is 0.323 e. The Morgan fingerprint density at radius 3 is 2.93 bits per heavy atom. The number of imidazole rings is 1. The van der Waals surface area contributed by atoms with Crippen molar-refractivity contribution >= 4 is 11.8 Å². The summed E-state index contributed by atoms with van der Waals surface area (Å²) in [6.45, 7) is 1.36. The molecule has 144 valence electrons. The van der Waals surface area contributed by atoms with Crippen LogP contribution < -0.4 is 5.69 Å². The summed E-state index contributed by atoms with van der Waals surface area (Å²) >= 11 is 0. The minimum absolute atomic E-state index is 0.0282. The minimum Gasteiger partial charge on any atom is -0.339 e. The highest BCUT2D eigenvalue weighted by Crippen LogP contribution is 2.24. The number of rotatable bonds is 4. The lowest BCUT2D eigenvalue weighted by atomic mass is 9.96. The van der Waals surface area contributed by atoms with Gasteiger partial charge in [-0.15, -0.1) is 0 Å². The first-order valence-corrected chi connectivity index (χ1v) is 9.40. The number of fused-ring (bicyclic) bond motifs is 1. The Labute approximate surface area is 156 Å². The smallest absolute Gasteiger partial charge is 0.323 e. The first kappa shape index (κ1) is 17.6. The molecule has 1 fully saturated rings. The number of carbonyl (C=O) groups excluding carboxylic acids is 2. The lowest BCUT2D eigenvalue weighted by Gasteiger charge is -2.22. The number of carbonyl (C=O) groups is 2. The number of hydrogen-bond acceptors (Lipinski definition) is 4. The Balaban J connectivity index is 1.37. The normalized spacial score (nSPS) is 19.1. The van der Waals surface area contributed by atoms with Gasteiger partial charge in [0.05, 0.1) is 18.2 Å². The Morgan fingerprint density at radius 2 is 2.15 bits per heavy atom. The third kappa shape index (κ3) is 3.41. The van der Waals surface area contributed by atoms with Gasteiger partial charge >= 0.3 is 5.69 Å². The van der Waals surface area contributed by atoms with E-state index in [0.29, 0.717) is 26.1 Å². The van der Waals surface area contributed by atoms with Gasteiger partial charge in [-0.1, -0.05) is 0 Å². The first-order valence-electron chi connectivity index (χ1n) is 9.40. The highest BCUT2D eigenvalue weighted by Gasteiger charge is 2.34. The molecule has 9 heteroatoms. The van der Waals surface area contributed by atoms with E-state index >= 15 is 0 Å². The molecule has 1 aliphatic carbocycles. The maximum absolute atomic E-state index is 12.8. The van der Waals surface area contributed by atoms with Gasteiger partial charge in [0.25, 0.3) is 5.91 Å². The highest BCUT2D eigenvalue weighted by atomic mass is 16.2. The van der Waals surface area contributed by atoms with Crippen molar-refractivity contribution in [2.45, 2.75) is 38.6 Å². The molecule has 0 saturated carbocycles. The predicted molar refractivity (Wildman–Crippen MR) is 97.1 cm³/mol. The molecule has 1 aliphatic heterocycles. The third-order valence-corrected chi connectivity index (χ3v) is 5.56. The molecule has 9 nitrogen and oxygen atoms in total. The van der Waals surface area contributed by atoms with Gasteiger partial charge in [0, 0.05) is 32.0 Å². The number of aromatic amines is 3. The minimum atomic E-state index is -0.410. The third-order valence-electron chi connectivity index (χ3n) is 5.56. The van der Waals surface area contributed by atoms with Crippen LogP contribution in [0.1, 0.15) is 46.7 Å². The number of H-pyrrole nitrogens is 3. The lowest BCUT2D eigenvalue weighted by Crippen LogP contribution is -2.36. The van der Waals surface area contributed by atoms with E-state index in [4.69, 9.17) is 0 Å². The SMILES string of the molecule is CN(Cc1n[nH]c2c1CCCC2)C(=O)C1CCN(C(=O)c2c[nH]c(=O)[nH]2)C1. The van der Waals surface area contributed by atoms with Crippen molar-refractivity contribution in [3.8, 4) is 0 Å². The van der Waals surface area contributed by atoms with Crippen LogP contribution in [0.25, 0.3) is 0 Å². The predicted octanol–water partition coefficient (Wildman–Crippen LogP) is 0.426. The summed E-state index contributed by atoms with van der Waals surface area (Å²) in [5, 5.41) is 7.52. The number of likely N-dealkylation sites (tertiary alicyclic amines) is 1. The van der Waals surface area contributed by atoms with Crippen LogP contribution >= 0.6 is 0 Å². The summed E-state index contributed by atoms with van der Waals surface area (Å²) < 4.78 is 0. The second-order valence-corrected chi connectivity index (χ2v) is 7.42. The number of aromatic nitrogens is 4. The molecule has 0 bridgehead atoms. The van der Waals surface area contributed by atoms with Gasteiger partial charge in [0.15, 0.2) is 0 Å².